The third-order valence-electron chi connectivity index (χ3n) is 2.86. The summed E-state index contributed by atoms with van der Waals surface area (Å²) in [5.41, 5.74) is 2.39. The first-order valence-electron chi connectivity index (χ1n) is 6.32. The lowest BCUT2D eigenvalue weighted by molar-refractivity contribution is -0.138. The predicted molar refractivity (Wildman–Crippen MR) is 70.3 cm³/mol. The Kier molecular flexibility index (Phi) is 4.78. The maximum absolute atomic E-state index is 12.0. The van der Waals surface area contributed by atoms with Gasteiger partial charge >= 0.3 is 5.97 Å². The van der Waals surface area contributed by atoms with Crippen molar-refractivity contribution in [2.75, 3.05) is 6.61 Å². The molecule has 0 amide bonds. The molecule has 1 saturated carbocycles. The highest BCUT2D eigenvalue weighted by molar-refractivity contribution is 6.77. The summed E-state index contributed by atoms with van der Waals surface area (Å²) in [5, 5.41) is 0. The lowest BCUT2D eigenvalue weighted by Crippen LogP contribution is -2.24. The number of carbonyl (C=O) groups is 1. The number of esters is 1. The normalized spacial score (nSPS) is 16.4. The van der Waals surface area contributed by atoms with E-state index in [-0.39, 0.29) is 5.97 Å². The third kappa shape index (κ3) is 4.12. The second kappa shape index (κ2) is 5.67. The van der Waals surface area contributed by atoms with Crippen LogP contribution in [0.5, 0.6) is 0 Å². The van der Waals surface area contributed by atoms with E-state index in [2.05, 4.69) is 19.6 Å². The summed E-state index contributed by atoms with van der Waals surface area (Å²) in [7, 11) is -1.24. The molecule has 0 atom stereocenters. The van der Waals surface area contributed by atoms with Crippen LogP contribution in [-0.2, 0) is 9.53 Å². The second-order valence-electron chi connectivity index (χ2n) is 5.75. The van der Waals surface area contributed by atoms with Crippen molar-refractivity contribution in [2.45, 2.75) is 58.3 Å². The van der Waals surface area contributed by atoms with Gasteiger partial charge in [-0.05, 0) is 38.7 Å². The van der Waals surface area contributed by atoms with Crippen LogP contribution in [0.4, 0.5) is 0 Å². The number of allylic oxidation sites excluding steroid dienone is 1. The highest BCUT2D eigenvalue weighted by Gasteiger charge is 2.25. The average Bonchev–Trinajstić information content (AvgIpc) is 2.65. The zero-order valence-electron chi connectivity index (χ0n) is 11.1. The highest BCUT2D eigenvalue weighted by Crippen LogP contribution is 2.31. The van der Waals surface area contributed by atoms with Gasteiger partial charge < -0.3 is 4.74 Å². The second-order valence-corrected chi connectivity index (χ2v) is 11.2. The molecule has 0 aromatic carbocycles. The number of hydrogen-bond donors (Lipinski definition) is 0. The van der Waals surface area contributed by atoms with Crippen LogP contribution in [0.25, 0.3) is 0 Å². The molecule has 0 aromatic heterocycles. The van der Waals surface area contributed by atoms with Gasteiger partial charge in [0.05, 0.1) is 6.61 Å². The van der Waals surface area contributed by atoms with Crippen molar-refractivity contribution in [1.29, 1.82) is 0 Å². The van der Waals surface area contributed by atoms with E-state index in [4.69, 9.17) is 4.74 Å². The van der Waals surface area contributed by atoms with Gasteiger partial charge in [0.2, 0.25) is 0 Å². The average molecular weight is 240 g/mol. The van der Waals surface area contributed by atoms with Crippen LogP contribution in [0.3, 0.4) is 0 Å². The minimum atomic E-state index is -1.24. The summed E-state index contributed by atoms with van der Waals surface area (Å²) < 4.78 is 5.19. The fraction of sp³-hybridized carbons (Fsp3) is 0.769. The third-order valence-corrected chi connectivity index (χ3v) is 4.28. The minimum absolute atomic E-state index is 0.0539. The summed E-state index contributed by atoms with van der Waals surface area (Å²) in [6.07, 6.45) is 4.70. The van der Waals surface area contributed by atoms with Crippen molar-refractivity contribution >= 4 is 14.0 Å². The first kappa shape index (κ1) is 13.5. The van der Waals surface area contributed by atoms with E-state index >= 15 is 0 Å². The molecule has 0 spiro atoms. The molecule has 1 aliphatic rings. The van der Waals surface area contributed by atoms with Crippen molar-refractivity contribution in [3.05, 3.63) is 11.1 Å². The van der Waals surface area contributed by atoms with E-state index in [1.54, 1.807) is 0 Å². The van der Waals surface area contributed by atoms with E-state index in [9.17, 15) is 4.79 Å². The molecular formula is C13H24O2Si. The quantitative estimate of drug-likeness (QED) is 0.425. The Morgan fingerprint density at radius 3 is 2.25 bits per heavy atom. The van der Waals surface area contributed by atoms with E-state index in [1.807, 2.05) is 6.92 Å². The SMILES string of the molecule is CCOC(=O)C(C[Si](C)(C)C)=C1CCCC1. The Bertz CT molecular complexity index is 279. The Hall–Kier alpha value is -0.573. The van der Waals surface area contributed by atoms with Crippen LogP contribution in [0, 0.1) is 0 Å². The smallest absolute Gasteiger partial charge is 0.333 e. The van der Waals surface area contributed by atoms with Gasteiger partial charge in [-0.3, -0.25) is 0 Å². The molecule has 0 N–H and O–H groups in total. The van der Waals surface area contributed by atoms with Gasteiger partial charge in [-0.1, -0.05) is 25.2 Å². The van der Waals surface area contributed by atoms with Crippen LogP contribution < -0.4 is 0 Å². The minimum Gasteiger partial charge on any atom is -0.463 e. The van der Waals surface area contributed by atoms with E-state index in [0.29, 0.717) is 6.61 Å². The first-order valence-corrected chi connectivity index (χ1v) is 10.0. The molecule has 16 heavy (non-hydrogen) atoms. The van der Waals surface area contributed by atoms with Gasteiger partial charge in [0.25, 0.3) is 0 Å². The van der Waals surface area contributed by atoms with Crippen molar-refractivity contribution < 1.29 is 9.53 Å². The molecule has 1 rings (SSSR count). The van der Waals surface area contributed by atoms with Gasteiger partial charge in [0.1, 0.15) is 0 Å². The number of carbonyl (C=O) groups excluding carboxylic acids is 1. The Balaban J connectivity index is 2.85. The first-order chi connectivity index (χ1) is 7.44. The monoisotopic (exact) mass is 240 g/mol. The van der Waals surface area contributed by atoms with E-state index in [1.165, 1.54) is 18.4 Å². The predicted octanol–water partition coefficient (Wildman–Crippen LogP) is 3.76. The van der Waals surface area contributed by atoms with Gasteiger partial charge in [0, 0.05) is 13.6 Å². The summed E-state index contributed by atoms with van der Waals surface area (Å²) in [6.45, 7) is 9.29. The number of rotatable bonds is 4. The summed E-state index contributed by atoms with van der Waals surface area (Å²) in [5.74, 6) is -0.0539. The largest absolute Gasteiger partial charge is 0.463 e. The molecule has 0 saturated heterocycles. The van der Waals surface area contributed by atoms with E-state index < -0.39 is 8.07 Å². The fourth-order valence-corrected chi connectivity index (χ4v) is 3.65. The molecule has 0 unspecified atom stereocenters. The van der Waals surface area contributed by atoms with Crippen LogP contribution >= 0.6 is 0 Å². The van der Waals surface area contributed by atoms with Crippen LogP contribution in [-0.4, -0.2) is 20.7 Å². The summed E-state index contributed by atoms with van der Waals surface area (Å²) in [4.78, 5) is 12.0. The van der Waals surface area contributed by atoms with Gasteiger partial charge in [-0.2, -0.15) is 0 Å². The zero-order valence-corrected chi connectivity index (χ0v) is 12.1. The maximum Gasteiger partial charge on any atom is 0.333 e. The van der Waals surface area contributed by atoms with Crippen LogP contribution in [0.2, 0.25) is 25.7 Å². The molecule has 1 aliphatic carbocycles. The van der Waals surface area contributed by atoms with Gasteiger partial charge in [0.15, 0.2) is 0 Å². The summed E-state index contributed by atoms with van der Waals surface area (Å²) >= 11 is 0. The van der Waals surface area contributed by atoms with Crippen molar-refractivity contribution in [3.63, 3.8) is 0 Å². The molecule has 3 heteroatoms. The molecule has 1 fully saturated rings. The molecule has 0 aliphatic heterocycles. The molecule has 2 nitrogen and oxygen atoms in total. The Labute approximate surface area is 100 Å². The fourth-order valence-electron chi connectivity index (χ4n) is 2.19. The Morgan fingerprint density at radius 1 is 1.25 bits per heavy atom. The molecule has 0 heterocycles. The lowest BCUT2D eigenvalue weighted by atomic mass is 10.1. The molecule has 0 bridgehead atoms. The van der Waals surface area contributed by atoms with Crippen molar-refractivity contribution in [1.82, 2.24) is 0 Å². The van der Waals surface area contributed by atoms with Crippen LogP contribution in [0.1, 0.15) is 32.6 Å². The van der Waals surface area contributed by atoms with Crippen molar-refractivity contribution in [3.8, 4) is 0 Å². The molecule has 0 radical (unpaired) electrons. The highest BCUT2D eigenvalue weighted by atomic mass is 28.3. The number of hydrogen-bond acceptors (Lipinski definition) is 2. The van der Waals surface area contributed by atoms with Gasteiger partial charge in [-0.15, -0.1) is 0 Å². The topological polar surface area (TPSA) is 26.3 Å². The lowest BCUT2D eigenvalue weighted by Gasteiger charge is -2.19. The standard InChI is InChI=1S/C13H24O2Si/c1-5-15-13(14)12(10-16(2,3)4)11-8-6-7-9-11/h5-10H2,1-4H3. The number of ether oxygens (including phenoxy) is 1. The Morgan fingerprint density at radius 2 is 1.81 bits per heavy atom. The van der Waals surface area contributed by atoms with E-state index in [0.717, 1.165) is 24.5 Å². The van der Waals surface area contributed by atoms with Gasteiger partial charge in [-0.25, -0.2) is 4.79 Å². The van der Waals surface area contributed by atoms with Crippen LogP contribution in [0.15, 0.2) is 11.1 Å². The maximum atomic E-state index is 12.0. The molecular weight excluding hydrogens is 216 g/mol. The zero-order chi connectivity index (χ0) is 12.2. The summed E-state index contributed by atoms with van der Waals surface area (Å²) in [6, 6.07) is 0.973. The molecule has 92 valence electrons. The molecule has 0 aromatic rings. The van der Waals surface area contributed by atoms with Crippen molar-refractivity contribution in [2.24, 2.45) is 0 Å².